The van der Waals surface area contributed by atoms with Crippen molar-refractivity contribution in [1.82, 2.24) is 0 Å². The molecule has 0 unspecified atom stereocenters. The van der Waals surface area contributed by atoms with Gasteiger partial charge in [-0.25, -0.2) is 0 Å². The summed E-state index contributed by atoms with van der Waals surface area (Å²) < 4.78 is 5.43. The zero-order valence-electron chi connectivity index (χ0n) is 8.71. The van der Waals surface area contributed by atoms with Gasteiger partial charge >= 0.3 is 0 Å². The fourth-order valence-electron chi connectivity index (χ4n) is 1.68. The fraction of sp³-hybridized carbons (Fsp3) is 0. The first-order valence-corrected chi connectivity index (χ1v) is 5.98. The van der Waals surface area contributed by atoms with Gasteiger partial charge in [0.05, 0.1) is 5.56 Å². The number of ketones is 1. The quantitative estimate of drug-likeness (QED) is 0.784. The van der Waals surface area contributed by atoms with Crippen molar-refractivity contribution in [3.63, 3.8) is 0 Å². The number of aromatic hydroxyl groups is 1. The van der Waals surface area contributed by atoms with E-state index in [-0.39, 0.29) is 11.5 Å². The van der Waals surface area contributed by atoms with Crippen molar-refractivity contribution in [3.8, 4) is 11.5 Å². The van der Waals surface area contributed by atoms with Gasteiger partial charge in [0.1, 0.15) is 11.5 Å². The average Bonchev–Trinajstić information content (AvgIpc) is 2.89. The zero-order chi connectivity index (χ0) is 11.8. The first-order valence-electron chi connectivity index (χ1n) is 5.03. The molecule has 3 rings (SSSR count). The number of phenols is 1. The van der Waals surface area contributed by atoms with Crippen LogP contribution in [0.5, 0.6) is 11.5 Å². The summed E-state index contributed by atoms with van der Waals surface area (Å²) in [5.74, 6) is 0.653. The number of hydrogen-bond donors (Lipinski definition) is 1. The normalized spacial score (nSPS) is 16.0. The summed E-state index contributed by atoms with van der Waals surface area (Å²) in [5, 5.41) is 13.2. The highest BCUT2D eigenvalue weighted by Crippen LogP contribution is 2.34. The van der Waals surface area contributed by atoms with Crippen LogP contribution in [0.2, 0.25) is 0 Å². The van der Waals surface area contributed by atoms with Gasteiger partial charge in [-0.1, -0.05) is 0 Å². The van der Waals surface area contributed by atoms with Crippen molar-refractivity contribution in [2.24, 2.45) is 0 Å². The molecule has 3 nitrogen and oxygen atoms in total. The Balaban J connectivity index is 2.02. The standard InChI is InChI=1S/C13H8O3S/c14-9-1-2-10-11(6-9)16-12(13(10)15)5-8-3-4-17-7-8/h1-7,14H. The van der Waals surface area contributed by atoms with Crippen molar-refractivity contribution in [2.75, 3.05) is 0 Å². The number of allylic oxidation sites excluding steroid dienone is 1. The van der Waals surface area contributed by atoms with Crippen LogP contribution in [-0.4, -0.2) is 10.9 Å². The van der Waals surface area contributed by atoms with Crippen molar-refractivity contribution in [2.45, 2.75) is 0 Å². The second-order valence-corrected chi connectivity index (χ2v) is 4.46. The maximum atomic E-state index is 12.0. The van der Waals surface area contributed by atoms with Gasteiger partial charge in [0.25, 0.3) is 0 Å². The first kappa shape index (κ1) is 10.1. The van der Waals surface area contributed by atoms with Crippen molar-refractivity contribution in [3.05, 3.63) is 51.9 Å². The van der Waals surface area contributed by atoms with E-state index in [0.29, 0.717) is 17.1 Å². The van der Waals surface area contributed by atoms with Gasteiger partial charge in [0.15, 0.2) is 5.76 Å². The maximum Gasteiger partial charge on any atom is 0.231 e. The number of benzene rings is 1. The molecule has 2 aromatic rings. The second kappa shape index (κ2) is 3.75. The van der Waals surface area contributed by atoms with E-state index in [9.17, 15) is 9.90 Å². The van der Waals surface area contributed by atoms with Gasteiger partial charge in [0.2, 0.25) is 5.78 Å². The molecule has 1 aromatic carbocycles. The monoisotopic (exact) mass is 244 g/mol. The Hall–Kier alpha value is -2.07. The van der Waals surface area contributed by atoms with Crippen LogP contribution in [0.3, 0.4) is 0 Å². The van der Waals surface area contributed by atoms with Crippen LogP contribution in [0.25, 0.3) is 6.08 Å². The smallest absolute Gasteiger partial charge is 0.231 e. The van der Waals surface area contributed by atoms with Gasteiger partial charge in [-0.2, -0.15) is 11.3 Å². The first-order chi connectivity index (χ1) is 8.24. The van der Waals surface area contributed by atoms with Gasteiger partial charge < -0.3 is 9.84 Å². The highest BCUT2D eigenvalue weighted by Gasteiger charge is 2.27. The number of rotatable bonds is 1. The molecule has 0 fully saturated rings. The summed E-state index contributed by atoms with van der Waals surface area (Å²) in [5.41, 5.74) is 1.43. The topological polar surface area (TPSA) is 46.5 Å². The average molecular weight is 244 g/mol. The van der Waals surface area contributed by atoms with Crippen molar-refractivity contribution < 1.29 is 14.6 Å². The molecule has 0 bridgehead atoms. The molecule has 17 heavy (non-hydrogen) atoms. The maximum absolute atomic E-state index is 12.0. The minimum Gasteiger partial charge on any atom is -0.508 e. The Morgan fingerprint density at radius 2 is 2.18 bits per heavy atom. The lowest BCUT2D eigenvalue weighted by Crippen LogP contribution is -1.97. The van der Waals surface area contributed by atoms with E-state index in [1.54, 1.807) is 23.5 Å². The minimum atomic E-state index is -0.147. The fourth-order valence-corrected chi connectivity index (χ4v) is 2.30. The SMILES string of the molecule is O=C1C(=Cc2ccsc2)Oc2cc(O)ccc21. The second-order valence-electron chi connectivity index (χ2n) is 3.68. The molecule has 4 heteroatoms. The number of carbonyl (C=O) groups excluding carboxylic acids is 1. The van der Waals surface area contributed by atoms with Gasteiger partial charge in [-0.15, -0.1) is 0 Å². The molecule has 2 heterocycles. The molecule has 84 valence electrons. The number of thiophene rings is 1. The third-order valence-corrected chi connectivity index (χ3v) is 3.20. The van der Waals surface area contributed by atoms with Crippen LogP contribution in [0.4, 0.5) is 0 Å². The molecule has 0 aliphatic carbocycles. The number of Topliss-reactive ketones (excluding diaryl/α,β-unsaturated/α-hetero) is 1. The Bertz CT molecular complexity index is 612. The number of hydrogen-bond acceptors (Lipinski definition) is 4. The van der Waals surface area contributed by atoms with Crippen LogP contribution in [0.1, 0.15) is 15.9 Å². The Labute approximate surface area is 102 Å². The molecular weight excluding hydrogens is 236 g/mol. The Morgan fingerprint density at radius 3 is 2.94 bits per heavy atom. The lowest BCUT2D eigenvalue weighted by Gasteiger charge is -1.97. The van der Waals surface area contributed by atoms with Gasteiger partial charge in [-0.3, -0.25) is 4.79 Å². The lowest BCUT2D eigenvalue weighted by molar-refractivity contribution is 0.101. The Morgan fingerprint density at radius 1 is 1.29 bits per heavy atom. The zero-order valence-corrected chi connectivity index (χ0v) is 9.53. The predicted molar refractivity (Wildman–Crippen MR) is 65.4 cm³/mol. The summed E-state index contributed by atoms with van der Waals surface area (Å²) in [7, 11) is 0. The summed E-state index contributed by atoms with van der Waals surface area (Å²) >= 11 is 1.56. The molecule has 0 saturated carbocycles. The molecule has 1 aliphatic rings. The van der Waals surface area contributed by atoms with Crippen molar-refractivity contribution >= 4 is 23.2 Å². The Kier molecular flexibility index (Phi) is 2.23. The van der Waals surface area contributed by atoms with Crippen LogP contribution in [0.15, 0.2) is 40.8 Å². The van der Waals surface area contributed by atoms with E-state index in [2.05, 4.69) is 0 Å². The molecule has 0 spiro atoms. The van der Waals surface area contributed by atoms with E-state index in [4.69, 9.17) is 4.74 Å². The number of phenolic OH excluding ortho intramolecular Hbond substituents is 1. The highest BCUT2D eigenvalue weighted by molar-refractivity contribution is 7.08. The van der Waals surface area contributed by atoms with Crippen LogP contribution < -0.4 is 4.74 Å². The van der Waals surface area contributed by atoms with E-state index >= 15 is 0 Å². The third kappa shape index (κ3) is 1.72. The highest BCUT2D eigenvalue weighted by atomic mass is 32.1. The summed E-state index contributed by atoms with van der Waals surface area (Å²) in [4.78, 5) is 12.0. The van der Waals surface area contributed by atoms with Crippen LogP contribution >= 0.6 is 11.3 Å². The van der Waals surface area contributed by atoms with Gasteiger partial charge in [-0.05, 0) is 40.6 Å². The molecule has 0 radical (unpaired) electrons. The number of ether oxygens (including phenoxy) is 1. The molecular formula is C13H8O3S. The van der Waals surface area contributed by atoms with Crippen LogP contribution in [-0.2, 0) is 0 Å². The van der Waals surface area contributed by atoms with Crippen molar-refractivity contribution in [1.29, 1.82) is 0 Å². The summed E-state index contributed by atoms with van der Waals surface area (Å²) in [6.07, 6.45) is 1.70. The van der Waals surface area contributed by atoms with E-state index in [0.717, 1.165) is 5.56 Å². The number of carbonyl (C=O) groups is 1. The summed E-state index contributed by atoms with van der Waals surface area (Å²) in [6, 6.07) is 6.41. The minimum absolute atomic E-state index is 0.0910. The molecule has 1 aliphatic heterocycles. The largest absolute Gasteiger partial charge is 0.508 e. The third-order valence-electron chi connectivity index (χ3n) is 2.49. The molecule has 1 N–H and O–H groups in total. The molecule has 0 atom stereocenters. The van der Waals surface area contributed by atoms with Gasteiger partial charge in [0, 0.05) is 6.07 Å². The summed E-state index contributed by atoms with van der Waals surface area (Å²) in [6.45, 7) is 0. The van der Waals surface area contributed by atoms with E-state index < -0.39 is 0 Å². The van der Waals surface area contributed by atoms with E-state index in [1.807, 2.05) is 16.8 Å². The number of fused-ring (bicyclic) bond motifs is 1. The lowest BCUT2D eigenvalue weighted by atomic mass is 10.1. The van der Waals surface area contributed by atoms with Crippen LogP contribution in [0, 0.1) is 0 Å². The predicted octanol–water partition coefficient (Wildman–Crippen LogP) is 3.07. The van der Waals surface area contributed by atoms with E-state index in [1.165, 1.54) is 12.1 Å². The molecule has 1 aromatic heterocycles. The molecule has 0 saturated heterocycles. The molecule has 0 amide bonds.